The molecule has 0 aliphatic rings. The molecular weight excluding hydrogens is 396 g/mol. The van der Waals surface area contributed by atoms with Crippen LogP contribution in [0.15, 0.2) is 42.5 Å². The van der Waals surface area contributed by atoms with Crippen molar-refractivity contribution < 1.29 is 9.59 Å². The molecule has 4 rings (SSSR count). The van der Waals surface area contributed by atoms with Crippen molar-refractivity contribution in [1.29, 1.82) is 5.26 Å². The largest absolute Gasteiger partial charge is 0.349 e. The van der Waals surface area contributed by atoms with Gasteiger partial charge in [0.1, 0.15) is 5.69 Å². The number of hydrogen-bond acceptors (Lipinski definition) is 6. The maximum Gasteiger partial charge on any atom is 0.272 e. The summed E-state index contributed by atoms with van der Waals surface area (Å²) in [7, 11) is 0. The van der Waals surface area contributed by atoms with E-state index in [2.05, 4.69) is 42.3 Å². The van der Waals surface area contributed by atoms with Crippen molar-refractivity contribution in [2.24, 2.45) is 0 Å². The zero-order valence-corrected chi connectivity index (χ0v) is 16.6. The third kappa shape index (κ3) is 4.11. The van der Waals surface area contributed by atoms with Crippen LogP contribution in [0.5, 0.6) is 0 Å². The number of carbonyl (C=O) groups excluding carboxylic acids is 2. The molecule has 2 amide bonds. The number of fused-ring (bicyclic) bond motifs is 1. The van der Waals surface area contributed by atoms with Crippen LogP contribution >= 0.6 is 0 Å². The molecule has 4 aromatic rings. The van der Waals surface area contributed by atoms with Gasteiger partial charge >= 0.3 is 0 Å². The van der Waals surface area contributed by atoms with Gasteiger partial charge < -0.3 is 15.6 Å². The molecule has 10 nitrogen and oxygen atoms in total. The number of nitriles is 1. The van der Waals surface area contributed by atoms with Crippen molar-refractivity contribution in [1.82, 2.24) is 25.6 Å². The van der Waals surface area contributed by atoms with Crippen LogP contribution in [-0.2, 0) is 4.79 Å². The number of nitrogens with zero attached hydrogens (tertiary/aromatic N) is 4. The van der Waals surface area contributed by atoms with E-state index >= 15 is 0 Å². The van der Waals surface area contributed by atoms with Gasteiger partial charge in [-0.2, -0.15) is 10.5 Å². The highest BCUT2D eigenvalue weighted by Gasteiger charge is 2.17. The third-order valence-corrected chi connectivity index (χ3v) is 4.64. The summed E-state index contributed by atoms with van der Waals surface area (Å²) in [5.41, 5.74) is 2.88. The molecule has 0 radical (unpaired) electrons. The van der Waals surface area contributed by atoms with E-state index in [-0.39, 0.29) is 11.7 Å². The SMILES string of the molecule is CCCC(=O)Nc1cccc2cc(C(=O)Nc3ccc(C#N)cc3-c3nn[nH]n3)[nH]c12. The predicted octanol–water partition coefficient (Wildman–Crippen LogP) is 3.21. The number of nitrogens with one attached hydrogen (secondary N) is 4. The summed E-state index contributed by atoms with van der Waals surface area (Å²) in [4.78, 5) is 28.0. The van der Waals surface area contributed by atoms with E-state index in [4.69, 9.17) is 0 Å². The number of aromatic amines is 2. The van der Waals surface area contributed by atoms with Crippen molar-refractivity contribution >= 4 is 34.1 Å². The lowest BCUT2D eigenvalue weighted by molar-refractivity contribution is -0.116. The molecule has 0 aliphatic heterocycles. The van der Waals surface area contributed by atoms with E-state index < -0.39 is 5.91 Å². The molecule has 4 N–H and O–H groups in total. The highest BCUT2D eigenvalue weighted by atomic mass is 16.2. The van der Waals surface area contributed by atoms with Gasteiger partial charge in [0.15, 0.2) is 0 Å². The fourth-order valence-corrected chi connectivity index (χ4v) is 3.20. The zero-order valence-electron chi connectivity index (χ0n) is 16.6. The monoisotopic (exact) mass is 414 g/mol. The molecule has 0 unspecified atom stereocenters. The standard InChI is InChI=1S/C21H18N8O2/c1-2-4-18(30)23-16-6-3-5-13-10-17(24-19(13)16)21(31)25-15-8-7-12(11-22)9-14(15)20-26-28-29-27-20/h3,5-10,24H,2,4H2,1H3,(H,23,30)(H,25,31)(H,26,27,28,29). The topological polar surface area (TPSA) is 152 Å². The fourth-order valence-electron chi connectivity index (χ4n) is 3.20. The first-order valence-electron chi connectivity index (χ1n) is 9.60. The van der Waals surface area contributed by atoms with Gasteiger partial charge in [0.2, 0.25) is 11.7 Å². The van der Waals surface area contributed by atoms with Gasteiger partial charge in [0.25, 0.3) is 5.91 Å². The Labute approximate surface area is 176 Å². The Balaban J connectivity index is 1.64. The Bertz CT molecular complexity index is 1300. The minimum Gasteiger partial charge on any atom is -0.349 e. The second-order valence-electron chi connectivity index (χ2n) is 6.81. The van der Waals surface area contributed by atoms with Crippen LogP contribution in [0.1, 0.15) is 35.8 Å². The summed E-state index contributed by atoms with van der Waals surface area (Å²) < 4.78 is 0. The minimum absolute atomic E-state index is 0.0852. The summed E-state index contributed by atoms with van der Waals surface area (Å²) in [5.74, 6) is -0.223. The van der Waals surface area contributed by atoms with E-state index in [0.29, 0.717) is 40.1 Å². The van der Waals surface area contributed by atoms with Crippen LogP contribution in [0.3, 0.4) is 0 Å². The van der Waals surface area contributed by atoms with Crippen molar-refractivity contribution in [2.45, 2.75) is 19.8 Å². The molecule has 0 aliphatic carbocycles. The molecule has 0 spiro atoms. The van der Waals surface area contributed by atoms with Crippen molar-refractivity contribution in [3.63, 3.8) is 0 Å². The van der Waals surface area contributed by atoms with E-state index in [1.54, 1.807) is 30.3 Å². The van der Waals surface area contributed by atoms with Crippen LogP contribution in [0.25, 0.3) is 22.3 Å². The Morgan fingerprint density at radius 3 is 2.74 bits per heavy atom. The average Bonchev–Trinajstić information content (AvgIpc) is 3.45. The maximum atomic E-state index is 12.9. The average molecular weight is 414 g/mol. The summed E-state index contributed by atoms with van der Waals surface area (Å²) >= 11 is 0. The number of rotatable bonds is 6. The Morgan fingerprint density at radius 1 is 1.13 bits per heavy atom. The smallest absolute Gasteiger partial charge is 0.272 e. The van der Waals surface area contributed by atoms with Crippen molar-refractivity contribution in [3.05, 3.63) is 53.7 Å². The van der Waals surface area contributed by atoms with Gasteiger partial charge in [-0.15, -0.1) is 10.2 Å². The second-order valence-corrected chi connectivity index (χ2v) is 6.81. The molecule has 154 valence electrons. The summed E-state index contributed by atoms with van der Waals surface area (Å²) in [6, 6.07) is 14.0. The zero-order chi connectivity index (χ0) is 21.8. The van der Waals surface area contributed by atoms with Crippen LogP contribution < -0.4 is 10.6 Å². The number of tetrazole rings is 1. The fraction of sp³-hybridized carbons (Fsp3) is 0.143. The first-order chi connectivity index (χ1) is 15.1. The predicted molar refractivity (Wildman–Crippen MR) is 114 cm³/mol. The van der Waals surface area contributed by atoms with Gasteiger partial charge in [-0.3, -0.25) is 9.59 Å². The molecule has 0 saturated heterocycles. The van der Waals surface area contributed by atoms with Gasteiger partial charge in [0.05, 0.1) is 28.5 Å². The van der Waals surface area contributed by atoms with E-state index in [9.17, 15) is 14.9 Å². The lowest BCUT2D eigenvalue weighted by Gasteiger charge is -2.08. The highest BCUT2D eigenvalue weighted by Crippen LogP contribution is 2.28. The number of benzene rings is 2. The molecule has 0 fully saturated rings. The quantitative estimate of drug-likeness (QED) is 0.380. The van der Waals surface area contributed by atoms with Crippen molar-refractivity contribution in [2.75, 3.05) is 10.6 Å². The Hall–Kier alpha value is -4.52. The number of para-hydroxylation sites is 1. The minimum atomic E-state index is -0.392. The molecule has 2 aromatic carbocycles. The molecule has 2 aromatic heterocycles. The number of amides is 2. The lowest BCUT2D eigenvalue weighted by atomic mass is 10.1. The number of aromatic nitrogens is 5. The van der Waals surface area contributed by atoms with Crippen LogP contribution in [0.4, 0.5) is 11.4 Å². The first-order valence-corrected chi connectivity index (χ1v) is 9.60. The number of anilines is 2. The second kappa shape index (κ2) is 8.46. The molecular formula is C21H18N8O2. The molecule has 0 saturated carbocycles. The number of hydrogen-bond donors (Lipinski definition) is 4. The summed E-state index contributed by atoms with van der Waals surface area (Å²) in [6.45, 7) is 1.93. The molecule has 10 heteroatoms. The lowest BCUT2D eigenvalue weighted by Crippen LogP contribution is -2.13. The van der Waals surface area contributed by atoms with Gasteiger partial charge in [-0.25, -0.2) is 0 Å². The third-order valence-electron chi connectivity index (χ3n) is 4.64. The summed E-state index contributed by atoms with van der Waals surface area (Å²) in [6.07, 6.45) is 1.16. The van der Waals surface area contributed by atoms with Gasteiger partial charge in [-0.05, 0) is 42.0 Å². The molecule has 0 atom stereocenters. The first kappa shape index (κ1) is 19.8. The normalized spacial score (nSPS) is 10.6. The molecule has 31 heavy (non-hydrogen) atoms. The van der Waals surface area contributed by atoms with Gasteiger partial charge in [0, 0.05) is 17.4 Å². The van der Waals surface area contributed by atoms with Crippen LogP contribution in [0.2, 0.25) is 0 Å². The van der Waals surface area contributed by atoms with Crippen LogP contribution in [-0.4, -0.2) is 37.4 Å². The Morgan fingerprint density at radius 2 is 2.00 bits per heavy atom. The van der Waals surface area contributed by atoms with E-state index in [1.807, 2.05) is 19.1 Å². The van der Waals surface area contributed by atoms with E-state index in [1.165, 1.54) is 0 Å². The molecule has 0 bridgehead atoms. The number of carbonyl (C=O) groups is 2. The van der Waals surface area contributed by atoms with Gasteiger partial charge in [-0.1, -0.05) is 19.1 Å². The van der Waals surface area contributed by atoms with E-state index in [0.717, 1.165) is 11.8 Å². The molecule has 2 heterocycles. The summed E-state index contributed by atoms with van der Waals surface area (Å²) in [5, 5.41) is 29.4. The highest BCUT2D eigenvalue weighted by molar-refractivity contribution is 6.09. The van der Waals surface area contributed by atoms with Crippen molar-refractivity contribution in [3.8, 4) is 17.5 Å². The maximum absolute atomic E-state index is 12.9. The number of H-pyrrole nitrogens is 2. The Kier molecular flexibility index (Phi) is 5.40. The van der Waals surface area contributed by atoms with Crippen LogP contribution in [0, 0.1) is 11.3 Å².